The minimum Gasteiger partial charge on any atom is -0.492 e. The number of anilines is 2. The summed E-state index contributed by atoms with van der Waals surface area (Å²) in [4.78, 5) is 30.1. The molecule has 2 heterocycles. The molecule has 1 aliphatic heterocycles. The van der Waals surface area contributed by atoms with Crippen molar-refractivity contribution in [2.45, 2.75) is 65.2 Å². The maximum Gasteiger partial charge on any atom is 0.324 e. The number of rotatable bonds is 9. The molecule has 0 unspecified atom stereocenters. The number of benzene rings is 2. The molecule has 1 aromatic heterocycles. The summed E-state index contributed by atoms with van der Waals surface area (Å²) >= 11 is 0. The van der Waals surface area contributed by atoms with Gasteiger partial charge < -0.3 is 15.0 Å². The fraction of sp³-hybridized carbons (Fsp3) is 0.500. The van der Waals surface area contributed by atoms with E-state index in [-0.39, 0.29) is 17.4 Å². The number of amides is 3. The number of piperazine rings is 1. The summed E-state index contributed by atoms with van der Waals surface area (Å²) in [5, 5.41) is 11.0. The highest BCUT2D eigenvalue weighted by Crippen LogP contribution is 2.36. The Morgan fingerprint density at radius 1 is 1.02 bits per heavy atom. The molecule has 3 aliphatic rings. The standard InChI is InChI=1S/C34H44N6O3/c1-23-8-12-25(13-9-23)40-31(20-30(37-40)34(2,3)4)36-33(42)35-28-14-15-29(27-7-5-6-26(27)28)43-19-18-38-16-17-39(32(41)22-38)21-24-10-11-24/h8-9,12-15,20,24H,5-7,10-11,16-19,21-22H2,1-4H3,(H2,35,36,42). The van der Waals surface area contributed by atoms with Crippen molar-refractivity contribution in [1.82, 2.24) is 19.6 Å². The van der Waals surface area contributed by atoms with Gasteiger partial charge in [-0.1, -0.05) is 38.5 Å². The number of hydrogen-bond acceptors (Lipinski definition) is 5. The van der Waals surface area contributed by atoms with Crippen molar-refractivity contribution in [1.29, 1.82) is 0 Å². The van der Waals surface area contributed by atoms with E-state index in [1.54, 1.807) is 4.68 Å². The maximum absolute atomic E-state index is 13.3. The first-order valence-corrected chi connectivity index (χ1v) is 15.7. The van der Waals surface area contributed by atoms with Crippen LogP contribution in [0.25, 0.3) is 5.69 Å². The van der Waals surface area contributed by atoms with Gasteiger partial charge in [-0.25, -0.2) is 9.48 Å². The lowest BCUT2D eigenvalue weighted by Gasteiger charge is -2.34. The van der Waals surface area contributed by atoms with Crippen LogP contribution in [-0.4, -0.2) is 70.8 Å². The van der Waals surface area contributed by atoms with Crippen LogP contribution in [0.5, 0.6) is 5.75 Å². The number of hydrogen-bond donors (Lipinski definition) is 2. The molecule has 0 atom stereocenters. The van der Waals surface area contributed by atoms with E-state index in [0.717, 1.165) is 85.3 Å². The molecule has 43 heavy (non-hydrogen) atoms. The SMILES string of the molecule is Cc1ccc(-n2nc(C(C)(C)C)cc2NC(=O)Nc2ccc(OCCN3CCN(CC4CC4)C(=O)C3)c3c2CCC3)cc1. The van der Waals surface area contributed by atoms with E-state index in [0.29, 0.717) is 19.0 Å². The Morgan fingerprint density at radius 3 is 2.51 bits per heavy atom. The van der Waals surface area contributed by atoms with Crippen molar-refractivity contribution in [3.8, 4) is 11.4 Å². The zero-order valence-corrected chi connectivity index (χ0v) is 25.9. The number of fused-ring (bicyclic) bond motifs is 1. The van der Waals surface area contributed by atoms with E-state index in [1.807, 2.05) is 47.4 Å². The van der Waals surface area contributed by atoms with Crippen LogP contribution in [-0.2, 0) is 23.1 Å². The molecule has 0 radical (unpaired) electrons. The van der Waals surface area contributed by atoms with Crippen molar-refractivity contribution >= 4 is 23.4 Å². The van der Waals surface area contributed by atoms with Crippen LogP contribution in [0.2, 0.25) is 0 Å². The van der Waals surface area contributed by atoms with E-state index < -0.39 is 0 Å². The van der Waals surface area contributed by atoms with Crippen molar-refractivity contribution in [3.63, 3.8) is 0 Å². The Balaban J connectivity index is 1.09. The molecule has 3 amide bonds. The van der Waals surface area contributed by atoms with Crippen LogP contribution in [0.4, 0.5) is 16.3 Å². The van der Waals surface area contributed by atoms with Crippen LogP contribution >= 0.6 is 0 Å². The number of carbonyl (C=O) groups is 2. The Labute approximate surface area is 254 Å². The Morgan fingerprint density at radius 2 is 1.79 bits per heavy atom. The van der Waals surface area contributed by atoms with Gasteiger partial charge in [0, 0.05) is 43.3 Å². The second kappa shape index (κ2) is 12.0. The number of ether oxygens (including phenoxy) is 1. The summed E-state index contributed by atoms with van der Waals surface area (Å²) in [6.07, 6.45) is 5.38. The van der Waals surface area contributed by atoms with Gasteiger partial charge in [-0.15, -0.1) is 0 Å². The lowest BCUT2D eigenvalue weighted by molar-refractivity contribution is -0.136. The van der Waals surface area contributed by atoms with E-state index in [9.17, 15) is 9.59 Å². The first-order chi connectivity index (χ1) is 20.6. The van der Waals surface area contributed by atoms with E-state index in [2.05, 4.69) is 43.2 Å². The molecule has 0 spiro atoms. The highest BCUT2D eigenvalue weighted by molar-refractivity contribution is 6.00. The largest absolute Gasteiger partial charge is 0.492 e. The zero-order chi connectivity index (χ0) is 30.1. The molecule has 6 rings (SSSR count). The van der Waals surface area contributed by atoms with Gasteiger partial charge in [0.05, 0.1) is 17.9 Å². The number of urea groups is 1. The van der Waals surface area contributed by atoms with Crippen molar-refractivity contribution < 1.29 is 14.3 Å². The summed E-state index contributed by atoms with van der Waals surface area (Å²) in [5.41, 5.74) is 5.91. The average molecular weight is 585 g/mol. The molecule has 2 N–H and O–H groups in total. The molecule has 2 aromatic carbocycles. The lowest BCUT2D eigenvalue weighted by Crippen LogP contribution is -2.51. The second-order valence-corrected chi connectivity index (χ2v) is 13.3. The smallest absolute Gasteiger partial charge is 0.324 e. The molecule has 3 aromatic rings. The van der Waals surface area contributed by atoms with Crippen molar-refractivity contribution in [2.24, 2.45) is 5.92 Å². The molecule has 228 valence electrons. The summed E-state index contributed by atoms with van der Waals surface area (Å²) < 4.78 is 8.04. The van der Waals surface area contributed by atoms with Crippen LogP contribution in [0, 0.1) is 12.8 Å². The Bertz CT molecular complexity index is 1480. The predicted octanol–water partition coefficient (Wildman–Crippen LogP) is 5.54. The normalized spacial score (nSPS) is 17.2. The van der Waals surface area contributed by atoms with Crippen molar-refractivity contribution in [2.75, 3.05) is 50.0 Å². The molecule has 9 nitrogen and oxygen atoms in total. The van der Waals surface area contributed by atoms with Gasteiger partial charge in [0.2, 0.25) is 5.91 Å². The molecular weight excluding hydrogens is 540 g/mol. The quantitative estimate of drug-likeness (QED) is 0.345. The van der Waals surface area contributed by atoms with Crippen LogP contribution in [0.3, 0.4) is 0 Å². The Kier molecular flexibility index (Phi) is 8.18. The fourth-order valence-electron chi connectivity index (χ4n) is 5.95. The number of nitrogens with zero attached hydrogens (tertiary/aromatic N) is 4. The van der Waals surface area contributed by atoms with Crippen LogP contribution in [0.15, 0.2) is 42.5 Å². The van der Waals surface area contributed by atoms with Gasteiger partial charge in [0.1, 0.15) is 18.2 Å². The van der Waals surface area contributed by atoms with Crippen molar-refractivity contribution in [3.05, 3.63) is 64.8 Å². The number of aryl methyl sites for hydroxylation is 1. The highest BCUT2D eigenvalue weighted by atomic mass is 16.5. The summed E-state index contributed by atoms with van der Waals surface area (Å²) in [6, 6.07) is 13.7. The van der Waals surface area contributed by atoms with Gasteiger partial charge >= 0.3 is 6.03 Å². The maximum atomic E-state index is 13.3. The first kappa shape index (κ1) is 29.2. The van der Waals surface area contributed by atoms with Crippen LogP contribution < -0.4 is 15.4 Å². The van der Waals surface area contributed by atoms with Gasteiger partial charge in [-0.3, -0.25) is 15.0 Å². The first-order valence-electron chi connectivity index (χ1n) is 15.7. The van der Waals surface area contributed by atoms with Gasteiger partial charge in [-0.05, 0) is 80.3 Å². The number of nitrogens with one attached hydrogen (secondary N) is 2. The van der Waals surface area contributed by atoms with E-state index in [4.69, 9.17) is 9.84 Å². The molecule has 9 heteroatoms. The topological polar surface area (TPSA) is 91.7 Å². The summed E-state index contributed by atoms with van der Waals surface area (Å²) in [5.74, 6) is 2.47. The van der Waals surface area contributed by atoms with Gasteiger partial charge in [0.15, 0.2) is 0 Å². The van der Waals surface area contributed by atoms with Crippen LogP contribution in [0.1, 0.15) is 62.4 Å². The molecule has 2 fully saturated rings. The second-order valence-electron chi connectivity index (χ2n) is 13.3. The third-order valence-corrected chi connectivity index (χ3v) is 8.73. The predicted molar refractivity (Wildman–Crippen MR) is 169 cm³/mol. The summed E-state index contributed by atoms with van der Waals surface area (Å²) in [7, 11) is 0. The van der Waals surface area contributed by atoms with E-state index >= 15 is 0 Å². The third kappa shape index (κ3) is 6.88. The molecule has 2 aliphatic carbocycles. The minimum atomic E-state index is -0.304. The third-order valence-electron chi connectivity index (χ3n) is 8.73. The average Bonchev–Trinajstić information content (AvgIpc) is 3.45. The van der Waals surface area contributed by atoms with E-state index in [1.165, 1.54) is 18.4 Å². The number of aromatic nitrogens is 2. The zero-order valence-electron chi connectivity index (χ0n) is 25.9. The molecule has 1 saturated heterocycles. The summed E-state index contributed by atoms with van der Waals surface area (Å²) in [6.45, 7) is 12.8. The minimum absolute atomic E-state index is 0.167. The fourth-order valence-corrected chi connectivity index (χ4v) is 5.95. The Hall–Kier alpha value is -3.85. The lowest BCUT2D eigenvalue weighted by atomic mass is 9.92. The monoisotopic (exact) mass is 584 g/mol. The number of carbonyl (C=O) groups excluding carboxylic acids is 2. The molecule has 1 saturated carbocycles. The highest BCUT2D eigenvalue weighted by Gasteiger charge is 2.30. The molecule has 0 bridgehead atoms. The van der Waals surface area contributed by atoms with Gasteiger partial charge in [0.25, 0.3) is 0 Å². The van der Waals surface area contributed by atoms with Gasteiger partial charge in [-0.2, -0.15) is 5.10 Å². The molecular formula is C34H44N6O3.